The average Bonchev–Trinajstić information content (AvgIpc) is 3.13. The van der Waals surface area contributed by atoms with Crippen LogP contribution in [0.15, 0.2) is 69.6 Å². The number of allylic oxidation sites excluding steroid dienone is 1. The summed E-state index contributed by atoms with van der Waals surface area (Å²) in [5.41, 5.74) is 1.50. The van der Waals surface area contributed by atoms with Crippen LogP contribution in [0.4, 0.5) is 0 Å². The minimum Gasteiger partial charge on any atom is -0.466 e. The molecular formula is C26H22N2O7S. The Bertz CT molecular complexity index is 1580. The van der Waals surface area contributed by atoms with E-state index in [-0.39, 0.29) is 22.6 Å². The Hall–Kier alpha value is -4.31. The molecule has 2 heterocycles. The van der Waals surface area contributed by atoms with Crippen LogP contribution in [-0.4, -0.2) is 29.6 Å². The number of ether oxygens (including phenoxy) is 3. The Balaban J connectivity index is 1.92. The highest BCUT2D eigenvalue weighted by Gasteiger charge is 2.32. The Morgan fingerprint density at radius 3 is 2.36 bits per heavy atom. The fourth-order valence-electron chi connectivity index (χ4n) is 3.89. The van der Waals surface area contributed by atoms with Crippen molar-refractivity contribution in [3.05, 3.63) is 90.6 Å². The number of fused-ring (bicyclic) bond motifs is 1. The van der Waals surface area contributed by atoms with Gasteiger partial charge in [0.15, 0.2) is 4.80 Å². The van der Waals surface area contributed by atoms with Gasteiger partial charge in [-0.25, -0.2) is 9.79 Å². The van der Waals surface area contributed by atoms with E-state index < -0.39 is 23.9 Å². The van der Waals surface area contributed by atoms with Gasteiger partial charge < -0.3 is 14.2 Å². The highest BCUT2D eigenvalue weighted by molar-refractivity contribution is 7.07. The Morgan fingerprint density at radius 2 is 1.72 bits per heavy atom. The minimum absolute atomic E-state index is 0.123. The van der Waals surface area contributed by atoms with Gasteiger partial charge >= 0.3 is 17.9 Å². The molecule has 1 aliphatic rings. The summed E-state index contributed by atoms with van der Waals surface area (Å²) in [6, 6.07) is 12.9. The van der Waals surface area contributed by atoms with Crippen LogP contribution in [0.5, 0.6) is 11.5 Å². The maximum atomic E-state index is 13.6. The molecule has 0 saturated heterocycles. The van der Waals surface area contributed by atoms with Crippen LogP contribution in [0.1, 0.15) is 37.9 Å². The second-order valence-electron chi connectivity index (χ2n) is 7.87. The van der Waals surface area contributed by atoms with Gasteiger partial charge in [0.25, 0.3) is 5.56 Å². The molecule has 0 radical (unpaired) electrons. The minimum atomic E-state index is -0.726. The number of methoxy groups -OCH3 is 1. The van der Waals surface area contributed by atoms with E-state index >= 15 is 0 Å². The number of thiazole rings is 1. The summed E-state index contributed by atoms with van der Waals surface area (Å²) >= 11 is 1.14. The second kappa shape index (κ2) is 10.1. The van der Waals surface area contributed by atoms with Gasteiger partial charge in [0.1, 0.15) is 11.5 Å². The zero-order valence-electron chi connectivity index (χ0n) is 19.9. The zero-order valence-corrected chi connectivity index (χ0v) is 20.8. The molecule has 0 spiro atoms. The van der Waals surface area contributed by atoms with E-state index in [9.17, 15) is 19.2 Å². The number of hydrogen-bond acceptors (Lipinski definition) is 9. The summed E-state index contributed by atoms with van der Waals surface area (Å²) in [7, 11) is 1.28. The quantitative estimate of drug-likeness (QED) is 0.385. The Morgan fingerprint density at radius 1 is 1.03 bits per heavy atom. The van der Waals surface area contributed by atoms with E-state index in [0.717, 1.165) is 16.9 Å². The first-order valence-corrected chi connectivity index (χ1v) is 11.7. The van der Waals surface area contributed by atoms with Gasteiger partial charge in [-0.05, 0) is 30.7 Å². The number of benzene rings is 2. The van der Waals surface area contributed by atoms with Crippen molar-refractivity contribution in [1.82, 2.24) is 4.57 Å². The van der Waals surface area contributed by atoms with E-state index in [4.69, 9.17) is 14.2 Å². The summed E-state index contributed by atoms with van der Waals surface area (Å²) in [4.78, 5) is 54.2. The summed E-state index contributed by atoms with van der Waals surface area (Å²) < 4.78 is 17.1. The molecule has 1 aromatic heterocycles. The van der Waals surface area contributed by atoms with Gasteiger partial charge in [0.05, 0.1) is 29.0 Å². The molecule has 0 bridgehead atoms. The molecule has 4 rings (SSSR count). The van der Waals surface area contributed by atoms with Crippen molar-refractivity contribution in [2.45, 2.75) is 26.8 Å². The lowest BCUT2D eigenvalue weighted by Crippen LogP contribution is -2.39. The summed E-state index contributed by atoms with van der Waals surface area (Å²) in [5.74, 6) is -1.36. The third-order valence-electron chi connectivity index (χ3n) is 5.33. The predicted molar refractivity (Wildman–Crippen MR) is 131 cm³/mol. The molecule has 0 saturated carbocycles. The van der Waals surface area contributed by atoms with Crippen molar-refractivity contribution >= 4 is 35.3 Å². The highest BCUT2D eigenvalue weighted by atomic mass is 32.1. The molecule has 0 fully saturated rings. The first-order valence-electron chi connectivity index (χ1n) is 10.9. The molecule has 0 amide bonds. The Kier molecular flexibility index (Phi) is 6.98. The molecule has 36 heavy (non-hydrogen) atoms. The van der Waals surface area contributed by atoms with E-state index in [0.29, 0.717) is 20.6 Å². The third-order valence-corrected chi connectivity index (χ3v) is 6.31. The number of carbonyl (C=O) groups is 3. The first kappa shape index (κ1) is 24.8. The molecule has 10 heteroatoms. The van der Waals surface area contributed by atoms with Crippen LogP contribution in [0, 0.1) is 0 Å². The molecule has 184 valence electrons. The zero-order chi connectivity index (χ0) is 26.0. The summed E-state index contributed by atoms with van der Waals surface area (Å²) in [6.07, 6.45) is 1.57. The summed E-state index contributed by atoms with van der Waals surface area (Å²) in [5, 5.41) is 0. The maximum absolute atomic E-state index is 13.6. The standard InChI is InChI=1S/C26H22N2O7S/c1-14-22(25(32)33-4)23(17-8-6-5-7-9-17)28-24(31)21(36-26(28)27-14)12-18-10-11-19(34-15(2)29)13-20(18)35-16(3)30/h5-13,23H,1-4H3/b21-12-/t23-/m0/s1. The van der Waals surface area contributed by atoms with Gasteiger partial charge in [-0.3, -0.25) is 19.0 Å². The molecule has 1 atom stereocenters. The SMILES string of the molecule is COC(=O)C1=C(C)N=c2s/c(=C\c3ccc(OC(C)=O)cc3OC(C)=O)c(=O)n2[C@H]1c1ccccc1. The Labute approximate surface area is 209 Å². The lowest BCUT2D eigenvalue weighted by Gasteiger charge is -2.24. The number of esters is 3. The third kappa shape index (κ3) is 4.89. The van der Waals surface area contributed by atoms with Crippen LogP contribution in [0.25, 0.3) is 6.08 Å². The highest BCUT2D eigenvalue weighted by Crippen LogP contribution is 2.30. The molecule has 0 aliphatic carbocycles. The van der Waals surface area contributed by atoms with E-state index in [1.54, 1.807) is 19.1 Å². The smallest absolute Gasteiger partial charge is 0.338 e. The number of rotatable bonds is 5. The largest absolute Gasteiger partial charge is 0.466 e. The fourth-order valence-corrected chi connectivity index (χ4v) is 4.93. The molecule has 1 aliphatic heterocycles. The molecule has 3 aromatic rings. The van der Waals surface area contributed by atoms with Crippen molar-refractivity contribution in [2.24, 2.45) is 4.99 Å². The first-order chi connectivity index (χ1) is 17.2. The van der Waals surface area contributed by atoms with Crippen molar-refractivity contribution in [2.75, 3.05) is 7.11 Å². The molecule has 0 N–H and O–H groups in total. The van der Waals surface area contributed by atoms with Gasteiger partial charge in [-0.1, -0.05) is 41.7 Å². The van der Waals surface area contributed by atoms with E-state index in [2.05, 4.69) is 4.99 Å². The average molecular weight is 507 g/mol. The number of aromatic nitrogens is 1. The van der Waals surface area contributed by atoms with Crippen LogP contribution in [-0.2, 0) is 19.1 Å². The number of hydrogen-bond donors (Lipinski definition) is 0. The molecule has 2 aromatic carbocycles. The van der Waals surface area contributed by atoms with Crippen LogP contribution in [0.2, 0.25) is 0 Å². The fraction of sp³-hybridized carbons (Fsp3) is 0.192. The van der Waals surface area contributed by atoms with Crippen LogP contribution in [0.3, 0.4) is 0 Å². The number of carbonyl (C=O) groups excluding carboxylic acids is 3. The van der Waals surface area contributed by atoms with E-state index in [1.165, 1.54) is 37.7 Å². The van der Waals surface area contributed by atoms with Gasteiger partial charge in [0.2, 0.25) is 0 Å². The van der Waals surface area contributed by atoms with Crippen molar-refractivity contribution < 1.29 is 28.6 Å². The lowest BCUT2D eigenvalue weighted by atomic mass is 9.96. The molecule has 0 unspecified atom stereocenters. The molecular weight excluding hydrogens is 484 g/mol. The number of nitrogens with zero attached hydrogens (tertiary/aromatic N) is 2. The maximum Gasteiger partial charge on any atom is 0.338 e. The van der Waals surface area contributed by atoms with Crippen LogP contribution >= 0.6 is 11.3 Å². The van der Waals surface area contributed by atoms with Gasteiger partial charge in [-0.2, -0.15) is 0 Å². The monoisotopic (exact) mass is 506 g/mol. The summed E-state index contributed by atoms with van der Waals surface area (Å²) in [6.45, 7) is 4.20. The van der Waals surface area contributed by atoms with Gasteiger partial charge in [0, 0.05) is 25.5 Å². The van der Waals surface area contributed by atoms with E-state index in [1.807, 2.05) is 30.3 Å². The predicted octanol–water partition coefficient (Wildman–Crippen LogP) is 2.26. The second-order valence-corrected chi connectivity index (χ2v) is 8.88. The van der Waals surface area contributed by atoms with Crippen molar-refractivity contribution in [1.29, 1.82) is 0 Å². The topological polar surface area (TPSA) is 113 Å². The lowest BCUT2D eigenvalue weighted by molar-refractivity contribution is -0.137. The van der Waals surface area contributed by atoms with Crippen molar-refractivity contribution in [3.8, 4) is 11.5 Å². The normalized spacial score (nSPS) is 15.1. The van der Waals surface area contributed by atoms with Gasteiger partial charge in [-0.15, -0.1) is 0 Å². The van der Waals surface area contributed by atoms with Crippen LogP contribution < -0.4 is 24.4 Å². The van der Waals surface area contributed by atoms with Crippen molar-refractivity contribution in [3.63, 3.8) is 0 Å². The molecule has 9 nitrogen and oxygen atoms in total.